The lowest BCUT2D eigenvalue weighted by Crippen LogP contribution is -2.58. The summed E-state index contributed by atoms with van der Waals surface area (Å²) in [7, 11) is 1.70. The van der Waals surface area contributed by atoms with Crippen LogP contribution in [0.1, 0.15) is 39.5 Å². The van der Waals surface area contributed by atoms with E-state index in [-0.39, 0.29) is 29.2 Å². The summed E-state index contributed by atoms with van der Waals surface area (Å²) in [5.41, 5.74) is 0.809. The molecule has 6 rings (SSSR count). The number of benzene rings is 1. The number of anilines is 1. The summed E-state index contributed by atoms with van der Waals surface area (Å²) in [4.78, 5) is 18.2. The van der Waals surface area contributed by atoms with Crippen molar-refractivity contribution < 1.29 is 19.0 Å². The molecule has 5 aliphatic rings. The second-order valence-electron chi connectivity index (χ2n) is 11.0. The van der Waals surface area contributed by atoms with Crippen molar-refractivity contribution in [3.63, 3.8) is 0 Å². The smallest absolute Gasteiger partial charge is 0.311 e. The molecule has 6 heteroatoms. The Kier molecular flexibility index (Phi) is 4.78. The first-order valence-electron chi connectivity index (χ1n) is 12.5. The van der Waals surface area contributed by atoms with Gasteiger partial charge in [-0.2, -0.15) is 0 Å². The van der Waals surface area contributed by atoms with Gasteiger partial charge in [-0.25, -0.2) is 0 Å². The molecule has 0 bridgehead atoms. The highest BCUT2D eigenvalue weighted by molar-refractivity contribution is 5.77. The maximum atomic E-state index is 13.3. The summed E-state index contributed by atoms with van der Waals surface area (Å²) in [5, 5.41) is 0. The Balaban J connectivity index is 1.14. The number of esters is 1. The average molecular weight is 441 g/mol. The molecule has 174 valence electrons. The van der Waals surface area contributed by atoms with Gasteiger partial charge in [0.15, 0.2) is 0 Å². The molecule has 5 fully saturated rings. The first-order chi connectivity index (χ1) is 15.4. The van der Waals surface area contributed by atoms with Crippen molar-refractivity contribution in [2.24, 2.45) is 23.7 Å². The molecule has 2 aliphatic carbocycles. The van der Waals surface area contributed by atoms with Crippen molar-refractivity contribution in [3.8, 4) is 5.75 Å². The van der Waals surface area contributed by atoms with E-state index in [1.54, 1.807) is 7.11 Å². The van der Waals surface area contributed by atoms with Gasteiger partial charge in [-0.1, -0.05) is 6.92 Å². The second-order valence-corrected chi connectivity index (χ2v) is 11.0. The molecule has 0 N–H and O–H groups in total. The molecular formula is C26H36N2O4. The number of carbonyl (C=O) groups excluding carboxylic acids is 1. The van der Waals surface area contributed by atoms with Crippen molar-refractivity contribution in [1.29, 1.82) is 0 Å². The third kappa shape index (κ3) is 3.02. The van der Waals surface area contributed by atoms with Crippen LogP contribution in [-0.2, 0) is 14.3 Å². The van der Waals surface area contributed by atoms with E-state index in [0.717, 1.165) is 57.7 Å². The number of fused-ring (bicyclic) bond motifs is 1. The molecule has 32 heavy (non-hydrogen) atoms. The Labute approximate surface area is 191 Å². The number of piperazine rings is 1. The van der Waals surface area contributed by atoms with E-state index in [0.29, 0.717) is 17.8 Å². The van der Waals surface area contributed by atoms with Crippen LogP contribution in [0, 0.1) is 23.7 Å². The zero-order valence-corrected chi connectivity index (χ0v) is 19.6. The van der Waals surface area contributed by atoms with E-state index in [2.05, 4.69) is 35.8 Å². The molecule has 1 aromatic rings. The molecule has 7 atom stereocenters. The molecule has 1 aromatic carbocycles. The van der Waals surface area contributed by atoms with Crippen LogP contribution in [0.25, 0.3) is 0 Å². The molecule has 0 radical (unpaired) electrons. The van der Waals surface area contributed by atoms with Crippen LogP contribution in [0.2, 0.25) is 0 Å². The number of hydrogen-bond acceptors (Lipinski definition) is 6. The number of hydrogen-bond donors (Lipinski definition) is 0. The lowest BCUT2D eigenvalue weighted by molar-refractivity contribution is -0.168. The number of methoxy groups -OCH3 is 1. The van der Waals surface area contributed by atoms with Crippen LogP contribution in [-0.4, -0.2) is 68.0 Å². The van der Waals surface area contributed by atoms with Crippen LogP contribution >= 0.6 is 0 Å². The zero-order valence-electron chi connectivity index (χ0n) is 19.6. The minimum absolute atomic E-state index is 0.0101. The van der Waals surface area contributed by atoms with Gasteiger partial charge in [0.1, 0.15) is 17.5 Å². The van der Waals surface area contributed by atoms with E-state index in [1.165, 1.54) is 12.1 Å². The summed E-state index contributed by atoms with van der Waals surface area (Å²) < 4.78 is 17.9. The molecule has 3 heterocycles. The van der Waals surface area contributed by atoms with E-state index >= 15 is 0 Å². The van der Waals surface area contributed by atoms with Gasteiger partial charge in [0.2, 0.25) is 0 Å². The zero-order chi connectivity index (χ0) is 22.1. The first-order valence-corrected chi connectivity index (χ1v) is 12.5. The molecule has 0 amide bonds. The predicted molar refractivity (Wildman–Crippen MR) is 122 cm³/mol. The highest BCUT2D eigenvalue weighted by atomic mass is 16.7. The van der Waals surface area contributed by atoms with Crippen LogP contribution in [0.3, 0.4) is 0 Å². The third-order valence-corrected chi connectivity index (χ3v) is 9.36. The van der Waals surface area contributed by atoms with Gasteiger partial charge in [0, 0.05) is 50.2 Å². The fraction of sp³-hybridized carbons (Fsp3) is 0.731. The number of ether oxygens (including phenoxy) is 3. The number of rotatable bonds is 4. The average Bonchev–Trinajstić information content (AvgIpc) is 3.44. The lowest BCUT2D eigenvalue weighted by atomic mass is 9.55. The minimum Gasteiger partial charge on any atom is -0.497 e. The van der Waals surface area contributed by atoms with E-state index in [4.69, 9.17) is 14.2 Å². The normalized spacial score (nSPS) is 43.2. The van der Waals surface area contributed by atoms with Crippen LogP contribution in [0.4, 0.5) is 5.69 Å². The lowest BCUT2D eigenvalue weighted by Gasteiger charge is -2.50. The fourth-order valence-electron chi connectivity index (χ4n) is 7.52. The SMILES string of the molecule is COc1ccc(N2CCN(C[C@@H]3C(=O)O[C@]45[C@H](CC[C@@]6(C)O[C@H]46)[C@H](C)CC[C@H]35)CC2)cc1. The predicted octanol–water partition coefficient (Wildman–Crippen LogP) is 3.34. The summed E-state index contributed by atoms with van der Waals surface area (Å²) >= 11 is 0. The Morgan fingerprint density at radius 1 is 1.06 bits per heavy atom. The Bertz CT molecular complexity index is 882. The highest BCUT2D eigenvalue weighted by Crippen LogP contribution is 2.66. The summed E-state index contributed by atoms with van der Waals surface area (Å²) in [6.45, 7) is 9.32. The molecule has 0 unspecified atom stereocenters. The molecule has 0 aromatic heterocycles. The quantitative estimate of drug-likeness (QED) is 0.529. The number of nitrogens with zero attached hydrogens (tertiary/aromatic N) is 2. The summed E-state index contributed by atoms with van der Waals surface area (Å²) in [5.74, 6) is 2.29. The minimum atomic E-state index is -0.364. The maximum absolute atomic E-state index is 13.3. The maximum Gasteiger partial charge on any atom is 0.311 e. The van der Waals surface area contributed by atoms with E-state index < -0.39 is 0 Å². The molecular weight excluding hydrogens is 404 g/mol. The summed E-state index contributed by atoms with van der Waals surface area (Å²) in [6, 6.07) is 8.30. The molecule has 2 saturated carbocycles. The largest absolute Gasteiger partial charge is 0.497 e. The highest BCUT2D eigenvalue weighted by Gasteiger charge is 2.77. The fourth-order valence-corrected chi connectivity index (χ4v) is 7.52. The van der Waals surface area contributed by atoms with E-state index in [9.17, 15) is 4.79 Å². The standard InChI is InChI=1S/C26H36N2O4/c1-17-4-9-22-20(23(29)31-26(22)21(17)10-11-25(2)24(26)32-25)16-27-12-14-28(15-13-27)18-5-7-19(30-3)8-6-18/h5-8,17,20-22,24H,4,9-16H2,1-3H3/t17-,20+,21-,22-,24+,25-,26+/m1/s1. The van der Waals surface area contributed by atoms with Crippen molar-refractivity contribution in [1.82, 2.24) is 4.90 Å². The van der Waals surface area contributed by atoms with Gasteiger partial charge in [0.05, 0.1) is 18.6 Å². The first kappa shape index (κ1) is 20.8. The van der Waals surface area contributed by atoms with Gasteiger partial charge in [0.25, 0.3) is 0 Å². The molecule has 3 saturated heterocycles. The topological polar surface area (TPSA) is 54.5 Å². The van der Waals surface area contributed by atoms with Crippen LogP contribution in [0.15, 0.2) is 24.3 Å². The van der Waals surface area contributed by atoms with Gasteiger partial charge in [-0.15, -0.1) is 0 Å². The van der Waals surface area contributed by atoms with Gasteiger partial charge in [-0.3, -0.25) is 9.69 Å². The van der Waals surface area contributed by atoms with Crippen molar-refractivity contribution in [2.75, 3.05) is 44.7 Å². The Morgan fingerprint density at radius 3 is 2.53 bits per heavy atom. The number of carbonyl (C=O) groups is 1. The second kappa shape index (κ2) is 7.36. The molecule has 1 spiro atoms. The molecule has 3 aliphatic heterocycles. The van der Waals surface area contributed by atoms with Gasteiger partial charge >= 0.3 is 5.97 Å². The van der Waals surface area contributed by atoms with Crippen molar-refractivity contribution >= 4 is 11.7 Å². The number of epoxide rings is 1. The van der Waals surface area contributed by atoms with Gasteiger partial charge in [-0.05, 0) is 62.8 Å². The van der Waals surface area contributed by atoms with Crippen LogP contribution < -0.4 is 9.64 Å². The monoisotopic (exact) mass is 440 g/mol. The Hall–Kier alpha value is -1.79. The van der Waals surface area contributed by atoms with E-state index in [1.807, 2.05) is 12.1 Å². The molecule has 6 nitrogen and oxygen atoms in total. The van der Waals surface area contributed by atoms with Crippen molar-refractivity contribution in [2.45, 2.75) is 56.8 Å². The summed E-state index contributed by atoms with van der Waals surface area (Å²) in [6.07, 6.45) is 4.65. The van der Waals surface area contributed by atoms with Crippen molar-refractivity contribution in [3.05, 3.63) is 24.3 Å². The van der Waals surface area contributed by atoms with Crippen LogP contribution in [0.5, 0.6) is 5.75 Å². The van der Waals surface area contributed by atoms with Gasteiger partial charge < -0.3 is 19.1 Å². The Morgan fingerprint density at radius 2 is 1.81 bits per heavy atom. The third-order valence-electron chi connectivity index (χ3n) is 9.36.